The number of nitrogens with zero attached hydrogens (tertiary/aromatic N) is 1. The first-order valence-electron chi connectivity index (χ1n) is 8.17. The molecule has 0 saturated carbocycles. The molecule has 0 radical (unpaired) electrons. The number of rotatable bonds is 2. The Hall–Kier alpha value is -2.47. The molecular formula is C19H19NO4S. The molecule has 0 spiro atoms. The van der Waals surface area contributed by atoms with Crippen molar-refractivity contribution in [3.05, 3.63) is 53.6 Å². The monoisotopic (exact) mass is 357 g/mol. The van der Waals surface area contributed by atoms with E-state index in [0.717, 1.165) is 16.7 Å². The molecule has 130 valence electrons. The van der Waals surface area contributed by atoms with E-state index in [0.29, 0.717) is 35.0 Å². The lowest BCUT2D eigenvalue weighted by Gasteiger charge is -2.25. The van der Waals surface area contributed by atoms with Gasteiger partial charge in [-0.05, 0) is 44.0 Å². The first-order chi connectivity index (χ1) is 12.0. The topological polar surface area (TPSA) is 55.8 Å². The molecule has 0 fully saturated rings. The number of anilines is 1. The number of hydrogen-bond donors (Lipinski definition) is 0. The third kappa shape index (κ3) is 2.66. The van der Waals surface area contributed by atoms with E-state index in [9.17, 15) is 8.42 Å². The predicted octanol–water partition coefficient (Wildman–Crippen LogP) is 3.73. The summed E-state index contributed by atoms with van der Waals surface area (Å²) in [5.74, 6) is 1.23. The highest BCUT2D eigenvalue weighted by atomic mass is 32.2. The Morgan fingerprint density at radius 1 is 1.00 bits per heavy atom. The van der Waals surface area contributed by atoms with Gasteiger partial charge in [0, 0.05) is 18.2 Å². The summed E-state index contributed by atoms with van der Waals surface area (Å²) in [6.07, 6.45) is 2.71. The van der Waals surface area contributed by atoms with Gasteiger partial charge >= 0.3 is 0 Å². The highest BCUT2D eigenvalue weighted by molar-refractivity contribution is 7.92. The molecule has 2 aromatic carbocycles. The van der Waals surface area contributed by atoms with Gasteiger partial charge in [0.15, 0.2) is 11.5 Å². The molecule has 2 aliphatic heterocycles. The van der Waals surface area contributed by atoms with Crippen molar-refractivity contribution in [2.45, 2.75) is 25.2 Å². The average Bonchev–Trinajstić information content (AvgIpc) is 2.98. The molecule has 5 nitrogen and oxygen atoms in total. The minimum Gasteiger partial charge on any atom is -0.454 e. The number of benzene rings is 2. The molecular weight excluding hydrogens is 338 g/mol. The first-order valence-corrected chi connectivity index (χ1v) is 9.61. The molecule has 4 rings (SSSR count). The van der Waals surface area contributed by atoms with Gasteiger partial charge in [-0.15, -0.1) is 0 Å². The average molecular weight is 357 g/mol. The molecule has 0 amide bonds. The first kappa shape index (κ1) is 16.0. The van der Waals surface area contributed by atoms with Crippen LogP contribution in [0, 0.1) is 6.92 Å². The van der Waals surface area contributed by atoms with Crippen LogP contribution in [0.25, 0.3) is 5.57 Å². The van der Waals surface area contributed by atoms with Gasteiger partial charge in [0.2, 0.25) is 6.79 Å². The lowest BCUT2D eigenvalue weighted by atomic mass is 10.0. The van der Waals surface area contributed by atoms with E-state index in [-0.39, 0.29) is 6.79 Å². The van der Waals surface area contributed by atoms with Crippen LogP contribution in [0.2, 0.25) is 0 Å². The Bertz CT molecular complexity index is 962. The normalized spacial score (nSPS) is 16.2. The quantitative estimate of drug-likeness (QED) is 0.822. The number of sulfonamides is 1. The third-order valence-corrected chi connectivity index (χ3v) is 6.40. The van der Waals surface area contributed by atoms with Crippen molar-refractivity contribution in [3.8, 4) is 11.5 Å². The van der Waals surface area contributed by atoms with Gasteiger partial charge in [-0.2, -0.15) is 0 Å². The van der Waals surface area contributed by atoms with Gasteiger partial charge < -0.3 is 9.47 Å². The van der Waals surface area contributed by atoms with Crippen LogP contribution in [0.4, 0.5) is 5.69 Å². The molecule has 2 aliphatic rings. The molecule has 2 heterocycles. The fraction of sp³-hybridized carbons (Fsp3) is 0.263. The van der Waals surface area contributed by atoms with Crippen LogP contribution in [-0.4, -0.2) is 21.8 Å². The summed E-state index contributed by atoms with van der Waals surface area (Å²) >= 11 is 0. The van der Waals surface area contributed by atoms with Gasteiger partial charge in [0.25, 0.3) is 10.0 Å². The highest BCUT2D eigenvalue weighted by Gasteiger charge is 2.30. The van der Waals surface area contributed by atoms with Crippen molar-refractivity contribution in [3.63, 3.8) is 0 Å². The fourth-order valence-corrected chi connectivity index (χ4v) is 4.66. The minimum absolute atomic E-state index is 0.158. The van der Waals surface area contributed by atoms with E-state index in [1.165, 1.54) is 4.31 Å². The van der Waals surface area contributed by atoms with Crippen molar-refractivity contribution in [2.24, 2.45) is 0 Å². The molecule has 0 aromatic heterocycles. The number of ether oxygens (including phenoxy) is 2. The molecule has 0 bridgehead atoms. The second-order valence-corrected chi connectivity index (χ2v) is 8.15. The van der Waals surface area contributed by atoms with Crippen molar-refractivity contribution >= 4 is 21.3 Å². The Morgan fingerprint density at radius 3 is 2.40 bits per heavy atom. The molecule has 0 saturated heterocycles. The lowest BCUT2D eigenvalue weighted by molar-refractivity contribution is 0.174. The standard InChI is InChI=1S/C19H19NO4S/c1-13-5-7-15(8-6-13)25(21,22)20-9-3-4-14(2)16-10-18-19(11-17(16)20)24-12-23-18/h4-8,10-11H,3,9,12H2,1-2H3. The Morgan fingerprint density at radius 2 is 1.68 bits per heavy atom. The van der Waals surface area contributed by atoms with Crippen molar-refractivity contribution in [2.75, 3.05) is 17.6 Å². The van der Waals surface area contributed by atoms with Gasteiger partial charge in [-0.1, -0.05) is 23.8 Å². The summed E-state index contributed by atoms with van der Waals surface area (Å²) in [5.41, 5.74) is 3.56. The van der Waals surface area contributed by atoms with Crippen LogP contribution in [-0.2, 0) is 10.0 Å². The molecule has 0 aliphatic carbocycles. The van der Waals surface area contributed by atoms with E-state index in [4.69, 9.17) is 9.47 Å². The second-order valence-electron chi connectivity index (χ2n) is 6.29. The lowest BCUT2D eigenvalue weighted by Crippen LogP contribution is -2.32. The molecule has 6 heteroatoms. The van der Waals surface area contributed by atoms with Gasteiger partial charge in [0.05, 0.1) is 10.6 Å². The Labute approximate surface area is 147 Å². The number of aryl methyl sites for hydroxylation is 1. The third-order valence-electron chi connectivity index (χ3n) is 4.58. The highest BCUT2D eigenvalue weighted by Crippen LogP contribution is 2.43. The van der Waals surface area contributed by atoms with E-state index >= 15 is 0 Å². The minimum atomic E-state index is -3.65. The molecule has 2 aromatic rings. The van der Waals surface area contributed by atoms with Gasteiger partial charge in [0.1, 0.15) is 0 Å². The molecule has 0 atom stereocenters. The van der Waals surface area contributed by atoms with Crippen molar-refractivity contribution < 1.29 is 17.9 Å². The van der Waals surface area contributed by atoms with E-state index < -0.39 is 10.0 Å². The van der Waals surface area contributed by atoms with Crippen LogP contribution < -0.4 is 13.8 Å². The van der Waals surface area contributed by atoms with Crippen molar-refractivity contribution in [1.82, 2.24) is 0 Å². The SMILES string of the molecule is CC1=CCCN(S(=O)(=O)c2ccc(C)cc2)c2cc3c(cc21)OCO3. The van der Waals surface area contributed by atoms with Crippen molar-refractivity contribution in [1.29, 1.82) is 0 Å². The summed E-state index contributed by atoms with van der Waals surface area (Å²) in [6.45, 7) is 4.47. The van der Waals surface area contributed by atoms with Crippen LogP contribution in [0.15, 0.2) is 47.4 Å². The van der Waals surface area contributed by atoms with Gasteiger partial charge in [-0.25, -0.2) is 8.42 Å². The van der Waals surface area contributed by atoms with E-state index in [1.54, 1.807) is 18.2 Å². The summed E-state index contributed by atoms with van der Waals surface area (Å²) in [6, 6.07) is 10.6. The maximum Gasteiger partial charge on any atom is 0.264 e. The second kappa shape index (κ2) is 5.81. The van der Waals surface area contributed by atoms with Gasteiger partial charge in [-0.3, -0.25) is 4.31 Å². The maximum atomic E-state index is 13.3. The van der Waals surface area contributed by atoms with E-state index in [2.05, 4.69) is 6.08 Å². The summed E-state index contributed by atoms with van der Waals surface area (Å²) < 4.78 is 38.9. The number of fused-ring (bicyclic) bond motifs is 2. The van der Waals surface area contributed by atoms with Crippen LogP contribution in [0.3, 0.4) is 0 Å². The molecule has 0 unspecified atom stereocenters. The zero-order chi connectivity index (χ0) is 17.6. The smallest absolute Gasteiger partial charge is 0.264 e. The number of hydrogen-bond acceptors (Lipinski definition) is 4. The predicted molar refractivity (Wildman–Crippen MR) is 96.5 cm³/mol. The molecule has 25 heavy (non-hydrogen) atoms. The van der Waals surface area contributed by atoms with Crippen LogP contribution in [0.5, 0.6) is 11.5 Å². The van der Waals surface area contributed by atoms with Crippen LogP contribution >= 0.6 is 0 Å². The summed E-state index contributed by atoms with van der Waals surface area (Å²) in [4.78, 5) is 0.293. The zero-order valence-corrected chi connectivity index (χ0v) is 15.0. The zero-order valence-electron chi connectivity index (χ0n) is 14.2. The molecule has 0 N–H and O–H groups in total. The number of allylic oxidation sites excluding steroid dienone is 1. The largest absolute Gasteiger partial charge is 0.454 e. The maximum absolute atomic E-state index is 13.3. The fourth-order valence-electron chi connectivity index (χ4n) is 3.17. The van der Waals surface area contributed by atoms with Crippen LogP contribution in [0.1, 0.15) is 24.5 Å². The Balaban J connectivity index is 1.87. The van der Waals surface area contributed by atoms with E-state index in [1.807, 2.05) is 32.0 Å². The summed E-state index contributed by atoms with van der Waals surface area (Å²) in [5, 5.41) is 0. The Kier molecular flexibility index (Phi) is 3.72. The summed E-state index contributed by atoms with van der Waals surface area (Å²) in [7, 11) is -3.65.